The van der Waals surface area contributed by atoms with Crippen LogP contribution in [0.1, 0.15) is 28.6 Å². The van der Waals surface area contributed by atoms with Gasteiger partial charge in [-0.3, -0.25) is 14.5 Å². The van der Waals surface area contributed by atoms with Crippen LogP contribution in [0.25, 0.3) is 0 Å². The number of benzene rings is 1. The zero-order chi connectivity index (χ0) is 18.4. The van der Waals surface area contributed by atoms with Crippen molar-refractivity contribution in [2.45, 2.75) is 19.9 Å². The lowest BCUT2D eigenvalue weighted by Gasteiger charge is -2.34. The molecule has 0 spiro atoms. The number of thiophene rings is 1. The monoisotopic (exact) mass is 371 g/mol. The molecule has 0 aliphatic carbocycles. The average Bonchev–Trinajstić information content (AvgIpc) is 3.15. The number of hydrogen-bond acceptors (Lipinski definition) is 5. The molecule has 1 aliphatic rings. The van der Waals surface area contributed by atoms with Gasteiger partial charge in [-0.25, -0.2) is 0 Å². The molecule has 2 heterocycles. The Balaban J connectivity index is 1.36. The van der Waals surface area contributed by atoms with E-state index in [-0.39, 0.29) is 11.7 Å². The topological polar surface area (TPSA) is 52.7 Å². The van der Waals surface area contributed by atoms with E-state index < -0.39 is 0 Å². The van der Waals surface area contributed by atoms with Crippen molar-refractivity contribution < 1.29 is 9.59 Å². The molecule has 0 saturated carbocycles. The van der Waals surface area contributed by atoms with E-state index in [4.69, 9.17) is 0 Å². The van der Waals surface area contributed by atoms with Gasteiger partial charge >= 0.3 is 0 Å². The van der Waals surface area contributed by atoms with Gasteiger partial charge in [0.1, 0.15) is 0 Å². The van der Waals surface area contributed by atoms with Gasteiger partial charge in [-0.1, -0.05) is 6.07 Å². The summed E-state index contributed by atoms with van der Waals surface area (Å²) < 4.78 is 0. The third-order valence-electron chi connectivity index (χ3n) is 4.65. The predicted octanol–water partition coefficient (Wildman–Crippen LogP) is 3.10. The number of nitrogens with zero attached hydrogens (tertiary/aromatic N) is 2. The van der Waals surface area contributed by atoms with E-state index in [0.29, 0.717) is 12.0 Å². The Kier molecular flexibility index (Phi) is 6.55. The van der Waals surface area contributed by atoms with Gasteiger partial charge in [-0.05, 0) is 42.6 Å². The Bertz CT molecular complexity index is 720. The average molecular weight is 372 g/mol. The molecule has 1 fully saturated rings. The Morgan fingerprint density at radius 3 is 2.35 bits per heavy atom. The molecule has 6 heteroatoms. The molecule has 1 aromatic heterocycles. The summed E-state index contributed by atoms with van der Waals surface area (Å²) in [5.74, 6) is 0.0442. The minimum absolute atomic E-state index is 0.0154. The maximum absolute atomic E-state index is 12.1. The molecule has 0 radical (unpaired) electrons. The fourth-order valence-corrected chi connectivity index (χ4v) is 3.81. The highest BCUT2D eigenvalue weighted by Gasteiger charge is 2.17. The lowest BCUT2D eigenvalue weighted by atomic mass is 10.1. The Labute approximate surface area is 158 Å². The van der Waals surface area contributed by atoms with Crippen LogP contribution in [0.5, 0.6) is 0 Å². The van der Waals surface area contributed by atoms with Crippen molar-refractivity contribution in [2.24, 2.45) is 0 Å². The first-order chi connectivity index (χ1) is 12.6. The number of anilines is 1. The molecule has 1 aromatic carbocycles. The van der Waals surface area contributed by atoms with Gasteiger partial charge in [0.25, 0.3) is 0 Å². The van der Waals surface area contributed by atoms with Gasteiger partial charge in [0.2, 0.25) is 5.91 Å². The van der Waals surface area contributed by atoms with E-state index in [0.717, 1.165) is 45.0 Å². The lowest BCUT2D eigenvalue weighted by Crippen LogP contribution is -2.46. The number of carbonyl (C=O) groups is 2. The maximum atomic E-state index is 12.1. The fourth-order valence-electron chi connectivity index (χ4n) is 3.07. The molecule has 1 N–H and O–H groups in total. The zero-order valence-electron chi connectivity index (χ0n) is 15.1. The molecule has 26 heavy (non-hydrogen) atoms. The van der Waals surface area contributed by atoms with E-state index in [2.05, 4.69) is 32.6 Å². The molecular formula is C20H25N3O2S. The Hall–Kier alpha value is -2.02. The van der Waals surface area contributed by atoms with Crippen LogP contribution in [0, 0.1) is 0 Å². The second-order valence-electron chi connectivity index (χ2n) is 6.63. The van der Waals surface area contributed by atoms with Crippen molar-refractivity contribution in [3.63, 3.8) is 0 Å². The van der Waals surface area contributed by atoms with Crippen LogP contribution < -0.4 is 5.32 Å². The summed E-state index contributed by atoms with van der Waals surface area (Å²) in [6.07, 6.45) is 0.486. The molecule has 1 aliphatic heterocycles. The van der Waals surface area contributed by atoms with Crippen molar-refractivity contribution in [3.05, 3.63) is 52.2 Å². The molecule has 1 amide bonds. The summed E-state index contributed by atoms with van der Waals surface area (Å²) in [6.45, 7) is 7.45. The van der Waals surface area contributed by atoms with Gasteiger partial charge in [-0.15, -0.1) is 11.3 Å². The fraction of sp³-hybridized carbons (Fsp3) is 0.400. The predicted molar refractivity (Wildman–Crippen MR) is 106 cm³/mol. The summed E-state index contributed by atoms with van der Waals surface area (Å²) in [4.78, 5) is 29.6. The van der Waals surface area contributed by atoms with E-state index in [1.54, 1.807) is 24.3 Å². The first-order valence-corrected chi connectivity index (χ1v) is 9.86. The molecule has 0 atom stereocenters. The van der Waals surface area contributed by atoms with Crippen LogP contribution in [0.3, 0.4) is 0 Å². The summed E-state index contributed by atoms with van der Waals surface area (Å²) in [7, 11) is 0. The highest BCUT2D eigenvalue weighted by atomic mass is 32.1. The van der Waals surface area contributed by atoms with Crippen LogP contribution in [-0.2, 0) is 11.3 Å². The van der Waals surface area contributed by atoms with E-state index >= 15 is 0 Å². The van der Waals surface area contributed by atoms with Gasteiger partial charge in [0.05, 0.1) is 0 Å². The standard InChI is InChI=1S/C20H25N3O2S/c1-16(24)17-4-6-18(7-5-17)21-20(25)8-9-22-10-12-23(13-11-22)15-19-3-2-14-26-19/h2-7,14H,8-13,15H2,1H3,(H,21,25). The second-order valence-corrected chi connectivity index (χ2v) is 7.66. The summed E-state index contributed by atoms with van der Waals surface area (Å²) >= 11 is 1.81. The molecule has 2 aromatic rings. The van der Waals surface area contributed by atoms with Gasteiger partial charge in [0.15, 0.2) is 5.78 Å². The summed E-state index contributed by atoms with van der Waals surface area (Å²) in [5, 5.41) is 5.02. The normalized spacial score (nSPS) is 15.7. The first-order valence-electron chi connectivity index (χ1n) is 8.98. The maximum Gasteiger partial charge on any atom is 0.225 e. The number of rotatable bonds is 7. The zero-order valence-corrected chi connectivity index (χ0v) is 15.9. The number of carbonyl (C=O) groups excluding carboxylic acids is 2. The SMILES string of the molecule is CC(=O)c1ccc(NC(=O)CCN2CCN(Cc3cccs3)CC2)cc1. The number of hydrogen-bond donors (Lipinski definition) is 1. The van der Waals surface area contributed by atoms with Crippen LogP contribution in [0.2, 0.25) is 0 Å². The lowest BCUT2D eigenvalue weighted by molar-refractivity contribution is -0.116. The van der Waals surface area contributed by atoms with Crippen LogP contribution in [-0.4, -0.2) is 54.2 Å². The summed E-state index contributed by atoms with van der Waals surface area (Å²) in [5.41, 5.74) is 1.39. The van der Waals surface area contributed by atoms with Gasteiger partial charge in [-0.2, -0.15) is 0 Å². The van der Waals surface area contributed by atoms with Crippen molar-refractivity contribution in [2.75, 3.05) is 38.0 Å². The number of nitrogens with one attached hydrogen (secondary N) is 1. The molecule has 5 nitrogen and oxygen atoms in total. The first kappa shape index (κ1) is 18.8. The highest BCUT2D eigenvalue weighted by Crippen LogP contribution is 2.14. The largest absolute Gasteiger partial charge is 0.326 e. The van der Waals surface area contributed by atoms with Crippen molar-refractivity contribution in [1.29, 1.82) is 0 Å². The van der Waals surface area contributed by atoms with Crippen LogP contribution >= 0.6 is 11.3 Å². The molecule has 0 unspecified atom stereocenters. The van der Waals surface area contributed by atoms with E-state index in [1.807, 2.05) is 11.3 Å². The van der Waals surface area contributed by atoms with Crippen LogP contribution in [0.15, 0.2) is 41.8 Å². The smallest absolute Gasteiger partial charge is 0.225 e. The third-order valence-corrected chi connectivity index (χ3v) is 5.52. The van der Waals surface area contributed by atoms with Crippen molar-refractivity contribution in [1.82, 2.24) is 9.80 Å². The summed E-state index contributed by atoms with van der Waals surface area (Å²) in [6, 6.07) is 11.3. The number of ketones is 1. The van der Waals surface area contributed by atoms with Gasteiger partial charge in [0, 0.05) is 61.8 Å². The number of amides is 1. The molecular weight excluding hydrogens is 346 g/mol. The van der Waals surface area contributed by atoms with Crippen LogP contribution in [0.4, 0.5) is 5.69 Å². The Morgan fingerprint density at radius 1 is 1.04 bits per heavy atom. The molecule has 0 bridgehead atoms. The molecule has 138 valence electrons. The molecule has 1 saturated heterocycles. The molecule has 3 rings (SSSR count). The number of piperazine rings is 1. The van der Waals surface area contributed by atoms with Crippen molar-refractivity contribution >= 4 is 28.7 Å². The third kappa shape index (κ3) is 5.49. The second kappa shape index (κ2) is 9.07. The van der Waals surface area contributed by atoms with E-state index in [9.17, 15) is 9.59 Å². The Morgan fingerprint density at radius 2 is 1.73 bits per heavy atom. The highest BCUT2D eigenvalue weighted by molar-refractivity contribution is 7.09. The minimum Gasteiger partial charge on any atom is -0.326 e. The van der Waals surface area contributed by atoms with E-state index in [1.165, 1.54) is 11.8 Å². The van der Waals surface area contributed by atoms with Crippen molar-refractivity contribution in [3.8, 4) is 0 Å². The van der Waals surface area contributed by atoms with Gasteiger partial charge < -0.3 is 10.2 Å². The quantitative estimate of drug-likeness (QED) is 0.760. The minimum atomic E-state index is 0.0154. The number of Topliss-reactive ketones (excluding diaryl/α,β-unsaturated/α-hetero) is 1.